The molecule has 0 heterocycles. The van der Waals surface area contributed by atoms with Gasteiger partial charge >= 0.3 is 0 Å². The van der Waals surface area contributed by atoms with Gasteiger partial charge in [0.2, 0.25) is 5.91 Å². The molecule has 0 saturated heterocycles. The lowest BCUT2D eigenvalue weighted by atomic mass is 10.0. The van der Waals surface area contributed by atoms with Gasteiger partial charge < -0.3 is 15.2 Å². The highest BCUT2D eigenvalue weighted by atomic mass is 19.1. The number of carbonyl (C=O) groups excluding carboxylic acids is 1. The number of carbonyl (C=O) groups is 1. The molecule has 2 rings (SSSR count). The van der Waals surface area contributed by atoms with Gasteiger partial charge in [0.05, 0.1) is 14.2 Å². The molecule has 0 bridgehead atoms. The summed E-state index contributed by atoms with van der Waals surface area (Å²) in [5.74, 6) is -0.267. The first kappa shape index (κ1) is 17.7. The number of primary amides is 1. The van der Waals surface area contributed by atoms with Crippen molar-refractivity contribution >= 4 is 5.91 Å². The van der Waals surface area contributed by atoms with Crippen LogP contribution in [0.1, 0.15) is 30.1 Å². The number of nitrogens with two attached hydrogens (primary N) is 1. The molecule has 0 spiro atoms. The summed E-state index contributed by atoms with van der Waals surface area (Å²) in [6.07, 6.45) is 0. The van der Waals surface area contributed by atoms with Gasteiger partial charge in [-0.25, -0.2) is 4.39 Å². The van der Waals surface area contributed by atoms with Crippen LogP contribution in [0.3, 0.4) is 0 Å². The van der Waals surface area contributed by atoms with E-state index in [0.717, 1.165) is 5.56 Å². The Morgan fingerprint density at radius 1 is 1.12 bits per heavy atom. The van der Waals surface area contributed by atoms with Gasteiger partial charge in [0.25, 0.3) is 0 Å². The Kier molecular flexibility index (Phi) is 5.76. The molecule has 2 atom stereocenters. The molecule has 0 aromatic heterocycles. The lowest BCUT2D eigenvalue weighted by molar-refractivity contribution is -0.120. The van der Waals surface area contributed by atoms with E-state index in [1.807, 2.05) is 18.2 Å². The van der Waals surface area contributed by atoms with Gasteiger partial charge in [-0.15, -0.1) is 0 Å². The number of halogens is 1. The third-order valence-corrected chi connectivity index (χ3v) is 3.80. The molecule has 2 aromatic carbocycles. The van der Waals surface area contributed by atoms with Crippen molar-refractivity contribution in [3.63, 3.8) is 0 Å². The molecule has 0 fully saturated rings. The zero-order valence-electron chi connectivity index (χ0n) is 13.9. The van der Waals surface area contributed by atoms with Crippen LogP contribution in [0.15, 0.2) is 42.5 Å². The van der Waals surface area contributed by atoms with E-state index in [-0.39, 0.29) is 0 Å². The highest BCUT2D eigenvalue weighted by molar-refractivity contribution is 5.81. The van der Waals surface area contributed by atoms with Crippen LogP contribution in [0.25, 0.3) is 0 Å². The van der Waals surface area contributed by atoms with Gasteiger partial charge in [-0.05, 0) is 18.6 Å². The third kappa shape index (κ3) is 3.83. The fourth-order valence-electron chi connectivity index (χ4n) is 2.53. The first-order valence-electron chi connectivity index (χ1n) is 7.49. The predicted octanol–water partition coefficient (Wildman–Crippen LogP) is 2.72. The van der Waals surface area contributed by atoms with E-state index in [4.69, 9.17) is 15.2 Å². The van der Waals surface area contributed by atoms with Crippen molar-refractivity contribution in [2.75, 3.05) is 14.2 Å². The van der Waals surface area contributed by atoms with Crippen LogP contribution in [0.5, 0.6) is 11.5 Å². The number of hydrogen-bond donors (Lipinski definition) is 2. The lowest BCUT2D eigenvalue weighted by Gasteiger charge is -2.23. The summed E-state index contributed by atoms with van der Waals surface area (Å²) >= 11 is 0. The molecule has 6 heteroatoms. The van der Waals surface area contributed by atoms with E-state index >= 15 is 0 Å². The molecular formula is C18H21FN2O3. The number of methoxy groups -OCH3 is 2. The third-order valence-electron chi connectivity index (χ3n) is 3.80. The van der Waals surface area contributed by atoms with Crippen molar-refractivity contribution in [1.82, 2.24) is 5.32 Å². The first-order chi connectivity index (χ1) is 11.5. The number of rotatable bonds is 7. The van der Waals surface area contributed by atoms with Gasteiger partial charge in [-0.2, -0.15) is 0 Å². The summed E-state index contributed by atoms with van der Waals surface area (Å²) < 4.78 is 24.7. The molecule has 0 aliphatic carbocycles. The molecular weight excluding hydrogens is 311 g/mol. The van der Waals surface area contributed by atoms with E-state index in [0.29, 0.717) is 17.1 Å². The zero-order chi connectivity index (χ0) is 17.7. The minimum absolute atomic E-state index is 0.306. The van der Waals surface area contributed by atoms with Crippen LogP contribution in [0, 0.1) is 5.82 Å². The fraction of sp³-hybridized carbons (Fsp3) is 0.278. The van der Waals surface area contributed by atoms with E-state index in [9.17, 15) is 9.18 Å². The van der Waals surface area contributed by atoms with Crippen LogP contribution < -0.4 is 20.5 Å². The maximum atomic E-state index is 14.4. The molecule has 3 N–H and O–H groups in total. The van der Waals surface area contributed by atoms with Gasteiger partial charge in [-0.3, -0.25) is 10.1 Å². The second kappa shape index (κ2) is 7.79. The van der Waals surface area contributed by atoms with E-state index in [1.165, 1.54) is 20.3 Å². The van der Waals surface area contributed by atoms with Crippen LogP contribution in [-0.4, -0.2) is 20.1 Å². The van der Waals surface area contributed by atoms with E-state index in [2.05, 4.69) is 5.32 Å². The number of hydrogen-bond acceptors (Lipinski definition) is 4. The van der Waals surface area contributed by atoms with Crippen molar-refractivity contribution in [3.8, 4) is 11.5 Å². The molecule has 5 nitrogen and oxygen atoms in total. The monoisotopic (exact) mass is 332 g/mol. The average molecular weight is 332 g/mol. The van der Waals surface area contributed by atoms with Gasteiger partial charge in [0, 0.05) is 17.7 Å². The summed E-state index contributed by atoms with van der Waals surface area (Å²) in [6, 6.07) is 10.7. The topological polar surface area (TPSA) is 73.6 Å². The van der Waals surface area contributed by atoms with Gasteiger partial charge in [0.1, 0.15) is 11.9 Å². The normalized spacial score (nSPS) is 13.2. The smallest absolute Gasteiger partial charge is 0.239 e. The van der Waals surface area contributed by atoms with Crippen LogP contribution in [0.4, 0.5) is 4.39 Å². The Balaban J connectivity index is 2.31. The molecule has 24 heavy (non-hydrogen) atoms. The predicted molar refractivity (Wildman–Crippen MR) is 89.4 cm³/mol. The quantitative estimate of drug-likeness (QED) is 0.818. The van der Waals surface area contributed by atoms with Crippen LogP contribution in [-0.2, 0) is 4.79 Å². The first-order valence-corrected chi connectivity index (χ1v) is 7.49. The van der Waals surface area contributed by atoms with Gasteiger partial charge in [0.15, 0.2) is 11.5 Å². The molecule has 0 unspecified atom stereocenters. The van der Waals surface area contributed by atoms with Crippen molar-refractivity contribution in [1.29, 1.82) is 0 Å². The standard InChI is InChI=1S/C18H21FN2O3/c1-11(13-9-15(23-2)16(24-3)10-14(13)19)21-17(18(20)22)12-7-5-4-6-8-12/h4-11,17,21H,1-3H3,(H2,20,22)/t11-,17+/m1/s1. The molecule has 2 aromatic rings. The minimum atomic E-state index is -0.728. The highest BCUT2D eigenvalue weighted by Crippen LogP contribution is 2.33. The second-order valence-corrected chi connectivity index (χ2v) is 5.36. The summed E-state index contributed by atoms with van der Waals surface area (Å²) in [4.78, 5) is 11.8. The lowest BCUT2D eigenvalue weighted by Crippen LogP contribution is -2.35. The molecule has 1 amide bonds. The Hall–Kier alpha value is -2.60. The SMILES string of the molecule is COc1cc(F)c([C@@H](C)N[C@H](C(N)=O)c2ccccc2)cc1OC. The Labute approximate surface area is 140 Å². The molecule has 128 valence electrons. The summed E-state index contributed by atoms with van der Waals surface area (Å²) in [5.41, 5.74) is 6.57. The molecule has 0 saturated carbocycles. The zero-order valence-corrected chi connectivity index (χ0v) is 13.9. The maximum absolute atomic E-state index is 14.4. The van der Waals surface area contributed by atoms with Crippen molar-refractivity contribution < 1.29 is 18.7 Å². The van der Waals surface area contributed by atoms with Gasteiger partial charge in [-0.1, -0.05) is 30.3 Å². The van der Waals surface area contributed by atoms with Crippen LogP contribution in [0.2, 0.25) is 0 Å². The Morgan fingerprint density at radius 2 is 1.71 bits per heavy atom. The molecule has 0 aliphatic heterocycles. The average Bonchev–Trinajstić information content (AvgIpc) is 2.59. The van der Waals surface area contributed by atoms with E-state index < -0.39 is 23.8 Å². The van der Waals surface area contributed by atoms with Crippen LogP contribution >= 0.6 is 0 Å². The maximum Gasteiger partial charge on any atom is 0.239 e. The molecule has 0 aliphatic rings. The van der Waals surface area contributed by atoms with Crippen molar-refractivity contribution in [3.05, 3.63) is 59.4 Å². The highest BCUT2D eigenvalue weighted by Gasteiger charge is 2.23. The second-order valence-electron chi connectivity index (χ2n) is 5.36. The number of ether oxygens (including phenoxy) is 2. The molecule has 0 radical (unpaired) electrons. The number of benzene rings is 2. The van der Waals surface area contributed by atoms with Crippen molar-refractivity contribution in [2.45, 2.75) is 19.0 Å². The number of amides is 1. The summed E-state index contributed by atoms with van der Waals surface area (Å²) in [5, 5.41) is 3.07. The van der Waals surface area contributed by atoms with Crippen molar-refractivity contribution in [2.24, 2.45) is 5.73 Å². The Morgan fingerprint density at radius 3 is 2.25 bits per heavy atom. The summed E-state index contributed by atoms with van der Waals surface area (Å²) in [6.45, 7) is 1.75. The Bertz CT molecular complexity index is 707. The minimum Gasteiger partial charge on any atom is -0.493 e. The summed E-state index contributed by atoms with van der Waals surface area (Å²) in [7, 11) is 2.92. The van der Waals surface area contributed by atoms with E-state index in [1.54, 1.807) is 25.1 Å². The largest absolute Gasteiger partial charge is 0.493 e. The fourth-order valence-corrected chi connectivity index (χ4v) is 2.53. The number of nitrogens with one attached hydrogen (secondary N) is 1.